The minimum absolute atomic E-state index is 0.122. The van der Waals surface area contributed by atoms with Crippen molar-refractivity contribution in [1.82, 2.24) is 20.4 Å². The van der Waals surface area contributed by atoms with E-state index in [4.69, 9.17) is 14.8 Å². The van der Waals surface area contributed by atoms with Crippen LogP contribution in [0.2, 0.25) is 0 Å². The molecule has 0 spiro atoms. The Morgan fingerprint density at radius 2 is 1.16 bits per heavy atom. The molecule has 0 radical (unpaired) electrons. The van der Waals surface area contributed by atoms with Crippen LogP contribution in [0.3, 0.4) is 0 Å². The summed E-state index contributed by atoms with van der Waals surface area (Å²) in [5.41, 5.74) is 13.2. The van der Waals surface area contributed by atoms with Crippen LogP contribution in [0.4, 0.5) is 0 Å². The molecule has 0 saturated heterocycles. The highest BCUT2D eigenvalue weighted by atomic mass is 79.9. The van der Waals surface area contributed by atoms with Gasteiger partial charge in [-0.2, -0.15) is 10.2 Å². The fraction of sp³-hybridized carbons (Fsp3) is 0.375. The summed E-state index contributed by atoms with van der Waals surface area (Å²) in [6.07, 6.45) is 14.4. The van der Waals surface area contributed by atoms with Gasteiger partial charge in [-0.05, 0) is 121 Å². The topological polar surface area (TPSA) is 107 Å². The van der Waals surface area contributed by atoms with E-state index in [1.54, 1.807) is 29.6 Å². The normalized spacial score (nSPS) is 14.3. The van der Waals surface area contributed by atoms with E-state index in [2.05, 4.69) is 97.8 Å². The van der Waals surface area contributed by atoms with E-state index in [0.29, 0.717) is 5.46 Å². The third-order valence-electron chi connectivity index (χ3n) is 11.2. The fourth-order valence-corrected chi connectivity index (χ4v) is 12.3. The van der Waals surface area contributed by atoms with Crippen LogP contribution in [0.1, 0.15) is 92.5 Å². The molecule has 4 N–H and O–H groups in total. The van der Waals surface area contributed by atoms with Gasteiger partial charge in [-0.15, -0.1) is 0 Å². The fourth-order valence-electron chi connectivity index (χ4n) is 8.22. The maximum absolute atomic E-state index is 8.58. The number of hydrogen-bond donors (Lipinski definition) is 4. The molecular formula is C48H61BBrN4O3P. The Labute approximate surface area is 356 Å². The lowest BCUT2D eigenvalue weighted by Crippen LogP contribution is -2.29. The molecule has 0 bridgehead atoms. The van der Waals surface area contributed by atoms with Gasteiger partial charge in [0.05, 0.1) is 23.0 Å². The number of rotatable bonds is 7. The third kappa shape index (κ3) is 12.3. The highest BCUT2D eigenvalue weighted by Crippen LogP contribution is 2.56. The van der Waals surface area contributed by atoms with Gasteiger partial charge in [0.2, 0.25) is 0 Å². The molecule has 2 aliphatic carbocycles. The minimum Gasteiger partial charge on any atom is -0.496 e. The van der Waals surface area contributed by atoms with Gasteiger partial charge in [-0.3, -0.25) is 10.2 Å². The summed E-state index contributed by atoms with van der Waals surface area (Å²) in [7, 11) is 0.348. The first-order chi connectivity index (χ1) is 28.1. The van der Waals surface area contributed by atoms with Crippen molar-refractivity contribution in [1.29, 1.82) is 0 Å². The zero-order valence-corrected chi connectivity index (χ0v) is 37.6. The molecule has 0 unspecified atom stereocenters. The van der Waals surface area contributed by atoms with Gasteiger partial charge in [0.1, 0.15) is 5.75 Å². The number of H-pyrrole nitrogens is 2. The lowest BCUT2D eigenvalue weighted by atomic mass is 9.81. The summed E-state index contributed by atoms with van der Waals surface area (Å²) in [5, 5.41) is 32.8. The average molecular weight is 864 g/mol. The molecule has 306 valence electrons. The predicted molar refractivity (Wildman–Crippen MR) is 249 cm³/mol. The lowest BCUT2D eigenvalue weighted by molar-refractivity contribution is 0.416. The first-order valence-electron chi connectivity index (χ1n) is 20.8. The molecule has 0 atom stereocenters. The number of methoxy groups -OCH3 is 1. The molecule has 7 nitrogen and oxygen atoms in total. The van der Waals surface area contributed by atoms with Crippen LogP contribution in [-0.4, -0.2) is 56.0 Å². The second-order valence-electron chi connectivity index (χ2n) is 15.4. The Kier molecular flexibility index (Phi) is 17.8. The number of hydrogen-bond acceptors (Lipinski definition) is 5. The van der Waals surface area contributed by atoms with Gasteiger partial charge in [-0.25, -0.2) is 0 Å². The zero-order valence-electron chi connectivity index (χ0n) is 35.1. The van der Waals surface area contributed by atoms with Crippen molar-refractivity contribution in [2.45, 2.75) is 110 Å². The molecule has 2 aliphatic rings. The Hall–Kier alpha value is -4.01. The number of ether oxygens (including phenoxy) is 1. The standard InChI is InChI=1S/C26H35OP.C11H12N2.C6H7BO2.C5H7BrN2/c1-20-12-11-18-24(27-2)26(20)23-17-9-10-19-25(23)28(21-13-5-3-6-14-21)22-15-7-4-8-16-22;1-8-11(9(2)13-12-8)10-6-4-3-5-7-10;8-7(9)6-4-2-1-3-5-6;1-3-5(6)4(2)8-7-3/h9-12,17-19,21-22H,3-8,13-16H2,1-2H3;3-7H,1-2H3,(H,12,13);1-5,8-9H;1-2H3,(H,7,8). The van der Waals surface area contributed by atoms with Crippen LogP contribution >= 0.6 is 23.9 Å². The summed E-state index contributed by atoms with van der Waals surface area (Å²) in [5.74, 6) is 1.02. The van der Waals surface area contributed by atoms with Gasteiger partial charge >= 0.3 is 7.12 Å². The second-order valence-corrected chi connectivity index (χ2v) is 18.9. The Morgan fingerprint density at radius 3 is 1.62 bits per heavy atom. The number of benzene rings is 4. The monoisotopic (exact) mass is 862 g/mol. The quantitative estimate of drug-likeness (QED) is 0.0945. The first-order valence-corrected chi connectivity index (χ1v) is 23.0. The largest absolute Gasteiger partial charge is 0.496 e. The van der Waals surface area contributed by atoms with Crippen molar-refractivity contribution >= 4 is 41.7 Å². The van der Waals surface area contributed by atoms with Gasteiger partial charge in [0.25, 0.3) is 0 Å². The van der Waals surface area contributed by atoms with Crippen LogP contribution in [0.15, 0.2) is 108 Å². The van der Waals surface area contributed by atoms with Gasteiger partial charge in [0.15, 0.2) is 0 Å². The average Bonchev–Trinajstić information content (AvgIpc) is 3.76. The third-order valence-corrected chi connectivity index (χ3v) is 15.9. The van der Waals surface area contributed by atoms with Crippen LogP contribution < -0.4 is 15.5 Å². The molecular weight excluding hydrogens is 802 g/mol. The number of aryl methyl sites for hydroxylation is 5. The van der Waals surface area contributed by atoms with Crippen molar-refractivity contribution in [3.8, 4) is 28.0 Å². The number of halogens is 1. The van der Waals surface area contributed by atoms with Crippen LogP contribution in [0.5, 0.6) is 5.75 Å². The van der Waals surface area contributed by atoms with E-state index in [1.165, 1.54) is 92.0 Å². The highest BCUT2D eigenvalue weighted by Gasteiger charge is 2.34. The number of nitrogens with one attached hydrogen (secondary N) is 2. The van der Waals surface area contributed by atoms with Crippen molar-refractivity contribution in [3.05, 3.63) is 136 Å². The molecule has 0 amide bonds. The van der Waals surface area contributed by atoms with Crippen molar-refractivity contribution < 1.29 is 14.8 Å². The summed E-state index contributed by atoms with van der Waals surface area (Å²) in [6, 6.07) is 34.8. The lowest BCUT2D eigenvalue weighted by Gasteiger charge is -2.39. The molecule has 8 rings (SSSR count). The van der Waals surface area contributed by atoms with E-state index in [0.717, 1.165) is 44.3 Å². The molecule has 0 aliphatic heterocycles. The van der Waals surface area contributed by atoms with Crippen LogP contribution in [-0.2, 0) is 0 Å². The molecule has 58 heavy (non-hydrogen) atoms. The first kappa shape index (κ1) is 45.1. The van der Waals surface area contributed by atoms with E-state index in [1.807, 2.05) is 59.1 Å². The van der Waals surface area contributed by atoms with E-state index in [-0.39, 0.29) is 7.92 Å². The summed E-state index contributed by atoms with van der Waals surface area (Å²) < 4.78 is 6.89. The molecule has 2 fully saturated rings. The summed E-state index contributed by atoms with van der Waals surface area (Å²) in [6.45, 7) is 10.2. The highest BCUT2D eigenvalue weighted by molar-refractivity contribution is 9.10. The number of nitrogens with zero attached hydrogens (tertiary/aromatic N) is 2. The molecule has 10 heteroatoms. The van der Waals surface area contributed by atoms with Crippen molar-refractivity contribution in [2.75, 3.05) is 7.11 Å². The van der Waals surface area contributed by atoms with Crippen molar-refractivity contribution in [3.63, 3.8) is 0 Å². The number of aromatic amines is 2. The Bertz CT molecular complexity index is 2060. The van der Waals surface area contributed by atoms with Gasteiger partial charge < -0.3 is 14.8 Å². The Morgan fingerprint density at radius 1 is 0.621 bits per heavy atom. The van der Waals surface area contributed by atoms with Crippen LogP contribution in [0.25, 0.3) is 22.3 Å². The number of aromatic nitrogens is 4. The van der Waals surface area contributed by atoms with E-state index >= 15 is 0 Å². The van der Waals surface area contributed by atoms with E-state index in [9.17, 15) is 0 Å². The molecule has 6 aromatic rings. The molecule has 2 heterocycles. The molecule has 4 aromatic carbocycles. The van der Waals surface area contributed by atoms with Crippen LogP contribution in [0, 0.1) is 34.6 Å². The summed E-state index contributed by atoms with van der Waals surface area (Å²) >= 11 is 3.36. The smallest absolute Gasteiger partial charge is 0.488 e. The maximum Gasteiger partial charge on any atom is 0.488 e. The molecule has 2 saturated carbocycles. The predicted octanol–water partition coefficient (Wildman–Crippen LogP) is 11.3. The van der Waals surface area contributed by atoms with Gasteiger partial charge in [-0.1, -0.05) is 144 Å². The SMILES string of the molecule is COc1cccc(C)c1-c1ccccc1P(C1CCCCC1)C1CCCCC1.Cc1n[nH]c(C)c1-c1ccccc1.Cc1n[nH]c(C)c1Br.OB(O)c1ccccc1. The summed E-state index contributed by atoms with van der Waals surface area (Å²) in [4.78, 5) is 0. The van der Waals surface area contributed by atoms with E-state index < -0.39 is 7.12 Å². The van der Waals surface area contributed by atoms with Crippen molar-refractivity contribution in [2.24, 2.45) is 0 Å². The molecule has 2 aromatic heterocycles. The zero-order chi connectivity index (χ0) is 41.4. The Balaban J connectivity index is 0.000000174. The minimum atomic E-state index is -1.34. The maximum atomic E-state index is 8.58. The van der Waals surface area contributed by atoms with Gasteiger partial charge in [0, 0.05) is 22.5 Å². The second kappa shape index (κ2) is 23.0.